The molecule has 0 saturated carbocycles. The summed E-state index contributed by atoms with van der Waals surface area (Å²) in [6.07, 6.45) is -2.54. The molecule has 106 valence electrons. The molecule has 0 aliphatic heterocycles. The molecule has 0 spiro atoms. The van der Waals surface area contributed by atoms with Gasteiger partial charge in [-0.25, -0.2) is 0 Å². The number of rotatable bonds is 6. The molecule has 1 rings (SSSR count). The monoisotopic (exact) mass is 273 g/mol. The minimum Gasteiger partial charge on any atom is -0.372 e. The zero-order chi connectivity index (χ0) is 14.5. The average Bonchev–Trinajstić information content (AvgIpc) is 2.37. The summed E-state index contributed by atoms with van der Waals surface area (Å²) in [7, 11) is 0. The Morgan fingerprint density at radius 2 is 1.74 bits per heavy atom. The van der Waals surface area contributed by atoms with Crippen LogP contribution in [0.4, 0.5) is 18.9 Å². The molecule has 0 N–H and O–H groups in total. The first kappa shape index (κ1) is 15.5. The van der Waals surface area contributed by atoms with Crippen LogP contribution in [0.1, 0.15) is 42.6 Å². The minimum absolute atomic E-state index is 0.247. The lowest BCUT2D eigenvalue weighted by Gasteiger charge is -2.25. The number of carbonyl (C=O) groups excluding carboxylic acids is 1. The largest absolute Gasteiger partial charge is 0.417 e. The lowest BCUT2D eigenvalue weighted by atomic mass is 10.1. The summed E-state index contributed by atoms with van der Waals surface area (Å²) in [4.78, 5) is 12.6. The molecular weight excluding hydrogens is 255 g/mol. The molecule has 0 bridgehead atoms. The normalized spacial score (nSPS) is 11.4. The fourth-order valence-electron chi connectivity index (χ4n) is 2.00. The van der Waals surface area contributed by atoms with Gasteiger partial charge in [-0.2, -0.15) is 13.2 Å². The van der Waals surface area contributed by atoms with Crippen LogP contribution >= 0.6 is 0 Å². The van der Waals surface area contributed by atoms with Crippen molar-refractivity contribution in [2.75, 3.05) is 18.0 Å². The number of aldehydes is 1. The van der Waals surface area contributed by atoms with Gasteiger partial charge >= 0.3 is 6.18 Å². The molecule has 2 nitrogen and oxygen atoms in total. The van der Waals surface area contributed by atoms with Gasteiger partial charge in [-0.15, -0.1) is 0 Å². The molecule has 19 heavy (non-hydrogen) atoms. The van der Waals surface area contributed by atoms with E-state index in [-0.39, 0.29) is 11.8 Å². The van der Waals surface area contributed by atoms with Crippen LogP contribution in [0.15, 0.2) is 18.2 Å². The van der Waals surface area contributed by atoms with Crippen LogP contribution in [0.2, 0.25) is 0 Å². The number of carbonyl (C=O) groups is 1. The van der Waals surface area contributed by atoms with Gasteiger partial charge in [0.25, 0.3) is 0 Å². The maximum absolute atomic E-state index is 12.9. The van der Waals surface area contributed by atoms with Gasteiger partial charge in [-0.05, 0) is 31.0 Å². The highest BCUT2D eigenvalue weighted by Gasteiger charge is 2.33. The summed E-state index contributed by atoms with van der Waals surface area (Å²) in [6.45, 7) is 5.36. The highest BCUT2D eigenvalue weighted by atomic mass is 19.4. The summed E-state index contributed by atoms with van der Waals surface area (Å²) in [5.41, 5.74) is -0.664. The van der Waals surface area contributed by atoms with Crippen molar-refractivity contribution < 1.29 is 18.0 Å². The van der Waals surface area contributed by atoms with Crippen LogP contribution in [-0.2, 0) is 6.18 Å². The average molecular weight is 273 g/mol. The lowest BCUT2D eigenvalue weighted by molar-refractivity contribution is -0.137. The van der Waals surface area contributed by atoms with E-state index in [4.69, 9.17) is 0 Å². The standard InChI is InChI=1S/C14H18F3NO/c1-3-7-18(8-4-2)12-6-5-11(10-19)13(9-12)14(15,16)17/h5-6,9-10H,3-4,7-8H2,1-2H3. The van der Waals surface area contributed by atoms with Gasteiger partial charge in [0.1, 0.15) is 0 Å². The third kappa shape index (κ3) is 3.98. The number of hydrogen-bond donors (Lipinski definition) is 0. The number of alkyl halides is 3. The van der Waals surface area contributed by atoms with Gasteiger partial charge in [-0.3, -0.25) is 4.79 Å². The van der Waals surface area contributed by atoms with Crippen LogP contribution < -0.4 is 4.90 Å². The molecule has 0 heterocycles. The third-order valence-corrected chi connectivity index (χ3v) is 2.82. The van der Waals surface area contributed by atoms with Gasteiger partial charge in [0.05, 0.1) is 5.56 Å². The van der Waals surface area contributed by atoms with Gasteiger partial charge in [-0.1, -0.05) is 13.8 Å². The fourth-order valence-corrected chi connectivity index (χ4v) is 2.00. The van der Waals surface area contributed by atoms with Gasteiger partial charge in [0, 0.05) is 24.3 Å². The summed E-state index contributed by atoms with van der Waals surface area (Å²) in [5.74, 6) is 0. The highest BCUT2D eigenvalue weighted by molar-refractivity contribution is 5.79. The number of halogens is 3. The van der Waals surface area contributed by atoms with Crippen molar-refractivity contribution in [1.29, 1.82) is 0 Å². The van der Waals surface area contributed by atoms with E-state index in [2.05, 4.69) is 0 Å². The van der Waals surface area contributed by atoms with E-state index in [9.17, 15) is 18.0 Å². The molecule has 5 heteroatoms. The van der Waals surface area contributed by atoms with Gasteiger partial charge in [0.2, 0.25) is 0 Å². The Bertz CT molecular complexity index is 423. The predicted octanol–water partition coefficient (Wildman–Crippen LogP) is 4.14. The Hall–Kier alpha value is -1.52. The SMILES string of the molecule is CCCN(CCC)c1ccc(C=O)c(C(F)(F)F)c1. The van der Waals surface area contributed by atoms with E-state index < -0.39 is 11.7 Å². The van der Waals surface area contributed by atoms with E-state index in [1.54, 1.807) is 6.07 Å². The third-order valence-electron chi connectivity index (χ3n) is 2.82. The Morgan fingerprint density at radius 1 is 1.16 bits per heavy atom. The number of anilines is 1. The second-order valence-corrected chi connectivity index (χ2v) is 4.37. The van der Waals surface area contributed by atoms with E-state index >= 15 is 0 Å². The molecule has 0 saturated heterocycles. The first-order valence-corrected chi connectivity index (χ1v) is 6.35. The van der Waals surface area contributed by atoms with Crippen molar-refractivity contribution in [3.8, 4) is 0 Å². The molecular formula is C14H18F3NO. The van der Waals surface area contributed by atoms with Crippen molar-refractivity contribution in [1.82, 2.24) is 0 Å². The fraction of sp³-hybridized carbons (Fsp3) is 0.500. The smallest absolute Gasteiger partial charge is 0.372 e. The van der Waals surface area contributed by atoms with Crippen molar-refractivity contribution in [2.24, 2.45) is 0 Å². The second-order valence-electron chi connectivity index (χ2n) is 4.37. The molecule has 0 aliphatic carbocycles. The summed E-state index contributed by atoms with van der Waals surface area (Å²) in [5, 5.41) is 0. The minimum atomic E-state index is -4.50. The molecule has 0 radical (unpaired) electrons. The van der Waals surface area contributed by atoms with E-state index in [1.807, 2.05) is 18.7 Å². The Labute approximate surface area is 111 Å². The number of nitrogens with zero attached hydrogens (tertiary/aromatic N) is 1. The van der Waals surface area contributed by atoms with Gasteiger partial charge < -0.3 is 4.90 Å². The maximum Gasteiger partial charge on any atom is 0.417 e. The summed E-state index contributed by atoms with van der Waals surface area (Å²) >= 11 is 0. The van der Waals surface area contributed by atoms with E-state index in [0.29, 0.717) is 18.8 Å². The Balaban J connectivity index is 3.19. The molecule has 0 fully saturated rings. The first-order valence-electron chi connectivity index (χ1n) is 6.35. The summed E-state index contributed by atoms with van der Waals surface area (Å²) < 4.78 is 38.6. The van der Waals surface area contributed by atoms with Gasteiger partial charge in [0.15, 0.2) is 6.29 Å². The van der Waals surface area contributed by atoms with Crippen molar-refractivity contribution >= 4 is 12.0 Å². The molecule has 1 aromatic carbocycles. The maximum atomic E-state index is 12.9. The molecule has 0 unspecified atom stereocenters. The topological polar surface area (TPSA) is 20.3 Å². The molecule has 0 amide bonds. The molecule has 1 aromatic rings. The zero-order valence-corrected chi connectivity index (χ0v) is 11.1. The number of hydrogen-bond acceptors (Lipinski definition) is 2. The lowest BCUT2D eigenvalue weighted by Crippen LogP contribution is -2.25. The highest BCUT2D eigenvalue weighted by Crippen LogP contribution is 2.34. The van der Waals surface area contributed by atoms with E-state index in [0.717, 1.165) is 18.9 Å². The van der Waals surface area contributed by atoms with Crippen LogP contribution in [0.3, 0.4) is 0 Å². The van der Waals surface area contributed by atoms with Crippen LogP contribution in [0, 0.1) is 0 Å². The van der Waals surface area contributed by atoms with Crippen LogP contribution in [0.5, 0.6) is 0 Å². The number of benzene rings is 1. The molecule has 0 aromatic heterocycles. The molecule has 0 aliphatic rings. The van der Waals surface area contributed by atoms with Crippen molar-refractivity contribution in [3.05, 3.63) is 29.3 Å². The predicted molar refractivity (Wildman–Crippen MR) is 69.6 cm³/mol. The molecule has 0 atom stereocenters. The van der Waals surface area contributed by atoms with Crippen molar-refractivity contribution in [3.63, 3.8) is 0 Å². The van der Waals surface area contributed by atoms with Crippen LogP contribution in [-0.4, -0.2) is 19.4 Å². The first-order chi connectivity index (χ1) is 8.93. The summed E-state index contributed by atoms with van der Waals surface area (Å²) in [6, 6.07) is 3.88. The van der Waals surface area contributed by atoms with Crippen LogP contribution in [0.25, 0.3) is 0 Å². The van der Waals surface area contributed by atoms with Crippen molar-refractivity contribution in [2.45, 2.75) is 32.9 Å². The quantitative estimate of drug-likeness (QED) is 0.726. The zero-order valence-electron chi connectivity index (χ0n) is 11.1. The second kappa shape index (κ2) is 6.59. The Morgan fingerprint density at radius 3 is 2.16 bits per heavy atom. The van der Waals surface area contributed by atoms with E-state index in [1.165, 1.54) is 6.07 Å². The Kier molecular flexibility index (Phi) is 5.39.